The Bertz CT molecular complexity index is 537. The smallest absolute Gasteiger partial charge is 0.252 e. The highest BCUT2D eigenvalue weighted by molar-refractivity contribution is 7.91. The van der Waals surface area contributed by atoms with Crippen molar-refractivity contribution < 1.29 is 18.6 Å². The van der Waals surface area contributed by atoms with Gasteiger partial charge in [0.2, 0.25) is 0 Å². The minimum Gasteiger partial charge on any atom is -0.396 e. The van der Waals surface area contributed by atoms with Crippen molar-refractivity contribution in [2.75, 3.05) is 19.7 Å². The molecule has 0 saturated carbocycles. The molecule has 2 heterocycles. The zero-order chi connectivity index (χ0) is 13.5. The van der Waals surface area contributed by atoms with Crippen LogP contribution >= 0.6 is 11.3 Å². The molecule has 102 valence electrons. The van der Waals surface area contributed by atoms with Crippen LogP contribution in [0.2, 0.25) is 0 Å². The van der Waals surface area contributed by atoms with Gasteiger partial charge >= 0.3 is 0 Å². The van der Waals surface area contributed by atoms with Gasteiger partial charge in [-0.05, 0) is 25.5 Å². The molecule has 2 rings (SSSR count). The van der Waals surface area contributed by atoms with Gasteiger partial charge in [0.25, 0.3) is 10.0 Å². The second kappa shape index (κ2) is 4.90. The quantitative estimate of drug-likeness (QED) is 0.842. The van der Waals surface area contributed by atoms with Crippen LogP contribution in [0.15, 0.2) is 10.3 Å². The molecule has 0 bridgehead atoms. The Morgan fingerprint density at radius 1 is 1.44 bits per heavy atom. The Hall–Kier alpha value is -0.470. The first kappa shape index (κ1) is 14.0. The van der Waals surface area contributed by atoms with Gasteiger partial charge in [-0.1, -0.05) is 0 Å². The second-order valence-electron chi connectivity index (χ2n) is 4.66. The maximum Gasteiger partial charge on any atom is 0.252 e. The minimum absolute atomic E-state index is 0.0595. The zero-order valence-corrected chi connectivity index (χ0v) is 12.0. The Kier molecular flexibility index (Phi) is 3.80. The van der Waals surface area contributed by atoms with Crippen LogP contribution in [0, 0.1) is 19.8 Å². The highest BCUT2D eigenvalue weighted by Crippen LogP contribution is 2.31. The predicted molar refractivity (Wildman–Crippen MR) is 69.1 cm³/mol. The number of thiophene rings is 1. The SMILES string of the molecule is Cc1cc(C)c(S(=O)(=O)N2CC(O)C(CO)C2)s1. The molecule has 1 fully saturated rings. The average molecular weight is 291 g/mol. The van der Waals surface area contributed by atoms with Crippen LogP contribution in [0.4, 0.5) is 0 Å². The highest BCUT2D eigenvalue weighted by Gasteiger charge is 2.39. The third kappa shape index (κ3) is 2.33. The molecule has 7 heteroatoms. The van der Waals surface area contributed by atoms with E-state index in [1.165, 1.54) is 15.6 Å². The molecule has 1 aliphatic rings. The fourth-order valence-electron chi connectivity index (χ4n) is 2.18. The number of aliphatic hydroxyl groups excluding tert-OH is 2. The van der Waals surface area contributed by atoms with Crippen molar-refractivity contribution in [1.82, 2.24) is 4.31 Å². The van der Waals surface area contributed by atoms with Gasteiger partial charge in [0.15, 0.2) is 0 Å². The molecule has 0 amide bonds. The van der Waals surface area contributed by atoms with Gasteiger partial charge in [-0.25, -0.2) is 8.42 Å². The number of aryl methyl sites for hydroxylation is 2. The number of hydrogen-bond acceptors (Lipinski definition) is 5. The Morgan fingerprint density at radius 2 is 2.11 bits per heavy atom. The third-order valence-electron chi connectivity index (χ3n) is 3.18. The van der Waals surface area contributed by atoms with Crippen LogP contribution in [-0.4, -0.2) is 48.7 Å². The van der Waals surface area contributed by atoms with Crippen LogP contribution in [0.25, 0.3) is 0 Å². The summed E-state index contributed by atoms with van der Waals surface area (Å²) in [5.41, 5.74) is 0.736. The Morgan fingerprint density at radius 3 is 2.56 bits per heavy atom. The summed E-state index contributed by atoms with van der Waals surface area (Å²) in [6.45, 7) is 3.68. The van der Waals surface area contributed by atoms with Crippen LogP contribution in [0.3, 0.4) is 0 Å². The van der Waals surface area contributed by atoms with E-state index in [4.69, 9.17) is 5.11 Å². The molecule has 1 aromatic rings. The van der Waals surface area contributed by atoms with Crippen molar-refractivity contribution >= 4 is 21.4 Å². The van der Waals surface area contributed by atoms with Crippen LogP contribution < -0.4 is 0 Å². The van der Waals surface area contributed by atoms with Gasteiger partial charge in [-0.2, -0.15) is 4.31 Å². The lowest BCUT2D eigenvalue weighted by Crippen LogP contribution is -2.29. The molecular weight excluding hydrogens is 274 g/mol. The zero-order valence-electron chi connectivity index (χ0n) is 10.3. The third-order valence-corrected chi connectivity index (χ3v) is 6.77. The van der Waals surface area contributed by atoms with Crippen LogP contribution in [0.1, 0.15) is 10.4 Å². The second-order valence-corrected chi connectivity index (χ2v) is 8.05. The predicted octanol–water partition coefficient (Wildman–Crippen LogP) is 0.339. The summed E-state index contributed by atoms with van der Waals surface area (Å²) in [4.78, 5) is 0.949. The van der Waals surface area contributed by atoms with Crippen molar-refractivity contribution in [3.8, 4) is 0 Å². The first-order valence-corrected chi connectivity index (χ1v) is 7.98. The standard InChI is InChI=1S/C11H17NO4S2/c1-7-3-8(2)17-11(7)18(15,16)12-4-9(6-13)10(14)5-12/h3,9-10,13-14H,4-6H2,1-2H3. The minimum atomic E-state index is -3.54. The van der Waals surface area contributed by atoms with E-state index in [1.807, 2.05) is 13.0 Å². The van der Waals surface area contributed by atoms with E-state index >= 15 is 0 Å². The molecule has 18 heavy (non-hydrogen) atoms. The van der Waals surface area contributed by atoms with E-state index < -0.39 is 16.1 Å². The molecule has 1 aromatic heterocycles. The molecule has 0 radical (unpaired) electrons. The lowest BCUT2D eigenvalue weighted by atomic mass is 10.1. The van der Waals surface area contributed by atoms with E-state index in [9.17, 15) is 13.5 Å². The molecule has 1 aliphatic heterocycles. The first-order valence-electron chi connectivity index (χ1n) is 5.72. The summed E-state index contributed by atoms with van der Waals surface area (Å²) in [7, 11) is -3.54. The van der Waals surface area contributed by atoms with Gasteiger partial charge in [0.05, 0.1) is 6.10 Å². The van der Waals surface area contributed by atoms with Gasteiger partial charge in [0, 0.05) is 30.5 Å². The summed E-state index contributed by atoms with van der Waals surface area (Å²) in [5, 5.41) is 18.8. The Labute approximate surface area is 111 Å². The average Bonchev–Trinajstić information content (AvgIpc) is 2.82. The van der Waals surface area contributed by atoms with E-state index in [-0.39, 0.29) is 25.6 Å². The molecule has 2 N–H and O–H groups in total. The molecule has 0 spiro atoms. The van der Waals surface area contributed by atoms with Gasteiger partial charge in [-0.15, -0.1) is 11.3 Å². The van der Waals surface area contributed by atoms with Crippen molar-refractivity contribution in [1.29, 1.82) is 0 Å². The van der Waals surface area contributed by atoms with Gasteiger partial charge in [-0.3, -0.25) is 0 Å². The fourth-order valence-corrected chi connectivity index (χ4v) is 5.50. The monoisotopic (exact) mass is 291 g/mol. The summed E-state index contributed by atoms with van der Waals surface area (Å²) in [6, 6.07) is 1.84. The van der Waals surface area contributed by atoms with Crippen LogP contribution in [0.5, 0.6) is 0 Å². The van der Waals surface area contributed by atoms with Crippen molar-refractivity contribution in [2.24, 2.45) is 5.92 Å². The number of aliphatic hydroxyl groups is 2. The summed E-state index contributed by atoms with van der Waals surface area (Å²) >= 11 is 1.24. The lowest BCUT2D eigenvalue weighted by molar-refractivity contribution is 0.104. The number of hydrogen-bond donors (Lipinski definition) is 2. The van der Waals surface area contributed by atoms with Crippen molar-refractivity contribution in [3.05, 3.63) is 16.5 Å². The number of β-amino-alcohol motifs (C(OH)–C–C–N with tert-alkyl or cyclic N) is 1. The van der Waals surface area contributed by atoms with E-state index in [0.29, 0.717) is 4.21 Å². The molecule has 2 unspecified atom stereocenters. The highest BCUT2D eigenvalue weighted by atomic mass is 32.2. The maximum atomic E-state index is 12.4. The molecule has 0 aliphatic carbocycles. The fraction of sp³-hybridized carbons (Fsp3) is 0.636. The molecule has 0 aromatic carbocycles. The summed E-state index contributed by atoms with van der Waals surface area (Å²) in [5.74, 6) is -0.388. The summed E-state index contributed by atoms with van der Waals surface area (Å²) in [6.07, 6.45) is -0.786. The molecular formula is C11H17NO4S2. The first-order chi connectivity index (χ1) is 8.36. The summed E-state index contributed by atoms with van der Waals surface area (Å²) < 4.78 is 26.4. The Balaban J connectivity index is 2.31. The van der Waals surface area contributed by atoms with Crippen molar-refractivity contribution in [3.63, 3.8) is 0 Å². The topological polar surface area (TPSA) is 77.8 Å². The number of sulfonamides is 1. The molecule has 1 saturated heterocycles. The van der Waals surface area contributed by atoms with Gasteiger partial charge in [0.1, 0.15) is 4.21 Å². The lowest BCUT2D eigenvalue weighted by Gasteiger charge is -2.15. The number of rotatable bonds is 3. The number of nitrogens with zero attached hydrogens (tertiary/aromatic N) is 1. The maximum absolute atomic E-state index is 12.4. The molecule has 5 nitrogen and oxygen atoms in total. The normalized spacial score (nSPS) is 25.8. The van der Waals surface area contributed by atoms with Crippen molar-refractivity contribution in [2.45, 2.75) is 24.2 Å². The van der Waals surface area contributed by atoms with E-state index in [2.05, 4.69) is 0 Å². The van der Waals surface area contributed by atoms with Gasteiger partial charge < -0.3 is 10.2 Å². The molecule has 2 atom stereocenters. The van der Waals surface area contributed by atoms with Crippen LogP contribution in [-0.2, 0) is 10.0 Å². The largest absolute Gasteiger partial charge is 0.396 e. The van der Waals surface area contributed by atoms with E-state index in [0.717, 1.165) is 10.4 Å². The van der Waals surface area contributed by atoms with E-state index in [1.54, 1.807) is 6.92 Å².